The summed E-state index contributed by atoms with van der Waals surface area (Å²) in [6.45, 7) is 6.99. The van der Waals surface area contributed by atoms with E-state index >= 15 is 0 Å². The molecule has 1 fully saturated rings. The second-order valence-corrected chi connectivity index (χ2v) is 7.98. The number of nitrogens with zero attached hydrogens (tertiary/aromatic N) is 4. The Labute approximate surface area is 171 Å². The van der Waals surface area contributed by atoms with Crippen LogP contribution in [0.1, 0.15) is 36.2 Å². The van der Waals surface area contributed by atoms with Crippen LogP contribution in [0.2, 0.25) is 0 Å². The molecule has 7 nitrogen and oxygen atoms in total. The molecule has 1 amide bonds. The van der Waals surface area contributed by atoms with Gasteiger partial charge in [0.25, 0.3) is 0 Å². The number of rotatable bonds is 5. The van der Waals surface area contributed by atoms with Crippen molar-refractivity contribution in [2.75, 3.05) is 7.05 Å². The van der Waals surface area contributed by atoms with Crippen LogP contribution in [-0.2, 0) is 11.3 Å². The van der Waals surface area contributed by atoms with Crippen molar-refractivity contribution in [1.29, 1.82) is 0 Å². The van der Waals surface area contributed by atoms with Gasteiger partial charge in [-0.15, -0.1) is 0 Å². The largest absolute Gasteiger partial charge is 0.336 e. The van der Waals surface area contributed by atoms with Crippen molar-refractivity contribution in [2.24, 2.45) is 0 Å². The summed E-state index contributed by atoms with van der Waals surface area (Å²) in [5.74, 6) is 0.0695. The summed E-state index contributed by atoms with van der Waals surface area (Å²) in [7, 11) is 1.84. The van der Waals surface area contributed by atoms with Crippen molar-refractivity contribution in [2.45, 2.75) is 51.9 Å². The molecule has 2 N–H and O–H groups in total. The molecule has 0 saturated carbocycles. The third-order valence-electron chi connectivity index (χ3n) is 5.98. The maximum absolute atomic E-state index is 13.0. The molecule has 29 heavy (non-hydrogen) atoms. The van der Waals surface area contributed by atoms with Crippen LogP contribution < -0.4 is 10.9 Å². The molecule has 0 bridgehead atoms. The minimum atomic E-state index is -0.255. The monoisotopic (exact) mass is 392 g/mol. The molecule has 3 heterocycles. The van der Waals surface area contributed by atoms with E-state index in [1.54, 1.807) is 11.1 Å². The molecule has 0 radical (unpaired) electrons. The van der Waals surface area contributed by atoms with Crippen molar-refractivity contribution >= 4 is 16.9 Å². The summed E-state index contributed by atoms with van der Waals surface area (Å²) >= 11 is 0. The topological polar surface area (TPSA) is 75.1 Å². The van der Waals surface area contributed by atoms with Crippen molar-refractivity contribution in [3.63, 3.8) is 0 Å². The Hall–Kier alpha value is -2.77. The molecule has 2 aromatic heterocycles. The molecule has 1 aliphatic heterocycles. The van der Waals surface area contributed by atoms with Gasteiger partial charge in [0.2, 0.25) is 5.91 Å². The van der Waals surface area contributed by atoms with Gasteiger partial charge in [-0.1, -0.05) is 6.07 Å². The molecule has 1 saturated heterocycles. The lowest BCUT2D eigenvalue weighted by Crippen LogP contribution is -2.45. The first-order valence-electron chi connectivity index (χ1n) is 10.0. The zero-order valence-electron chi connectivity index (χ0n) is 17.4. The first kappa shape index (κ1) is 19.5. The van der Waals surface area contributed by atoms with Gasteiger partial charge in [0, 0.05) is 25.8 Å². The van der Waals surface area contributed by atoms with Crippen molar-refractivity contribution in [3.05, 3.63) is 59.7 Å². The smallest absolute Gasteiger partial charge is 0.241 e. The van der Waals surface area contributed by atoms with Crippen LogP contribution in [0, 0.1) is 13.8 Å². The van der Waals surface area contributed by atoms with Crippen molar-refractivity contribution in [1.82, 2.24) is 30.3 Å². The lowest BCUT2D eigenvalue weighted by Gasteiger charge is -2.27. The van der Waals surface area contributed by atoms with Gasteiger partial charge in [-0.3, -0.25) is 15.2 Å². The van der Waals surface area contributed by atoms with Crippen LogP contribution in [0.25, 0.3) is 11.0 Å². The lowest BCUT2D eigenvalue weighted by molar-refractivity contribution is -0.133. The van der Waals surface area contributed by atoms with Crippen molar-refractivity contribution in [3.8, 4) is 0 Å². The molecule has 1 aliphatic rings. The van der Waals surface area contributed by atoms with Crippen LogP contribution in [0.5, 0.6) is 0 Å². The maximum atomic E-state index is 13.0. The van der Waals surface area contributed by atoms with E-state index < -0.39 is 0 Å². The summed E-state index contributed by atoms with van der Waals surface area (Å²) in [6.07, 6.45) is 4.37. The number of pyridine rings is 1. The molecule has 7 heteroatoms. The normalized spacial score (nSPS) is 20.1. The number of carbonyl (C=O) groups excluding carboxylic acids is 1. The second kappa shape index (κ2) is 7.93. The zero-order valence-corrected chi connectivity index (χ0v) is 17.4. The standard InChI is InChI=1S/C22H28N6O/c1-14-9-19-21(10-15(14)2)28(13-24-19)12-17-11-20(26-25-17)22(29)27(4)16(3)18-7-5-6-8-23-18/h5-10,13,16-17,20,25-26H,11-12H2,1-4H3. The third kappa shape index (κ3) is 3.88. The van der Waals surface area contributed by atoms with Gasteiger partial charge in [-0.2, -0.15) is 0 Å². The molecular formula is C22H28N6O. The number of amides is 1. The lowest BCUT2D eigenvalue weighted by atomic mass is 10.1. The maximum Gasteiger partial charge on any atom is 0.241 e. The Morgan fingerprint density at radius 2 is 2.03 bits per heavy atom. The first-order chi connectivity index (χ1) is 13.9. The minimum absolute atomic E-state index is 0.0695. The highest BCUT2D eigenvalue weighted by Crippen LogP contribution is 2.21. The van der Waals surface area contributed by atoms with Gasteiger partial charge in [0.05, 0.1) is 29.1 Å². The molecule has 3 unspecified atom stereocenters. The number of likely N-dealkylation sites (N-methyl/N-ethyl adjacent to an activating group) is 1. The Morgan fingerprint density at radius 3 is 2.79 bits per heavy atom. The van der Waals surface area contributed by atoms with Crippen LogP contribution in [-0.4, -0.2) is 44.5 Å². The molecular weight excluding hydrogens is 364 g/mol. The second-order valence-electron chi connectivity index (χ2n) is 7.98. The highest BCUT2D eigenvalue weighted by atomic mass is 16.2. The summed E-state index contributed by atoms with van der Waals surface area (Å²) in [5, 5.41) is 0. The minimum Gasteiger partial charge on any atom is -0.336 e. The average Bonchev–Trinajstić information content (AvgIpc) is 3.35. The fourth-order valence-corrected chi connectivity index (χ4v) is 3.86. The number of fused-ring (bicyclic) bond motifs is 1. The van der Waals surface area contributed by atoms with Gasteiger partial charge >= 0.3 is 0 Å². The summed E-state index contributed by atoms with van der Waals surface area (Å²) < 4.78 is 2.16. The fourth-order valence-electron chi connectivity index (χ4n) is 3.86. The number of hydrazine groups is 1. The first-order valence-corrected chi connectivity index (χ1v) is 10.0. The van der Waals surface area contributed by atoms with Gasteiger partial charge < -0.3 is 9.47 Å². The average molecular weight is 393 g/mol. The van der Waals surface area contributed by atoms with E-state index in [9.17, 15) is 4.79 Å². The number of hydrogen-bond acceptors (Lipinski definition) is 5. The molecule has 1 aromatic carbocycles. The van der Waals surface area contributed by atoms with Crippen LogP contribution >= 0.6 is 0 Å². The number of nitrogens with one attached hydrogen (secondary N) is 2. The number of carbonyl (C=O) groups is 1. The van der Waals surface area contributed by atoms with Crippen LogP contribution in [0.4, 0.5) is 0 Å². The zero-order chi connectivity index (χ0) is 20.5. The SMILES string of the molecule is Cc1cc2ncn(CC3CC(C(=O)N(C)C(C)c4ccccn4)NN3)c2cc1C. The number of aromatic nitrogens is 3. The molecule has 0 aliphatic carbocycles. The Kier molecular flexibility index (Phi) is 5.34. The molecule has 4 rings (SSSR count). The molecule has 3 aromatic rings. The van der Waals surface area contributed by atoms with E-state index in [1.807, 2.05) is 38.5 Å². The number of hydrogen-bond donors (Lipinski definition) is 2. The molecule has 3 atom stereocenters. The van der Waals surface area contributed by atoms with E-state index in [4.69, 9.17) is 0 Å². The fraction of sp³-hybridized carbons (Fsp3) is 0.409. The Bertz CT molecular complexity index is 1010. The summed E-state index contributed by atoms with van der Waals surface area (Å²) in [4.78, 5) is 23.7. The Balaban J connectivity index is 1.41. The van der Waals surface area contributed by atoms with E-state index in [2.05, 4.69) is 51.4 Å². The van der Waals surface area contributed by atoms with E-state index in [1.165, 1.54) is 11.1 Å². The molecule has 0 spiro atoms. The van der Waals surface area contributed by atoms with Crippen LogP contribution in [0.15, 0.2) is 42.9 Å². The Morgan fingerprint density at radius 1 is 1.24 bits per heavy atom. The predicted molar refractivity (Wildman–Crippen MR) is 113 cm³/mol. The van der Waals surface area contributed by atoms with E-state index in [0.717, 1.165) is 29.7 Å². The van der Waals surface area contributed by atoms with Crippen LogP contribution in [0.3, 0.4) is 0 Å². The van der Waals surface area contributed by atoms with Gasteiger partial charge in [0.15, 0.2) is 0 Å². The van der Waals surface area contributed by atoms with E-state index in [-0.39, 0.29) is 24.0 Å². The van der Waals surface area contributed by atoms with Gasteiger partial charge in [0.1, 0.15) is 6.04 Å². The van der Waals surface area contributed by atoms with Gasteiger partial charge in [-0.25, -0.2) is 10.4 Å². The van der Waals surface area contributed by atoms with Gasteiger partial charge in [-0.05, 0) is 62.6 Å². The highest BCUT2D eigenvalue weighted by Gasteiger charge is 2.33. The predicted octanol–water partition coefficient (Wildman–Crippen LogP) is 2.50. The third-order valence-corrected chi connectivity index (χ3v) is 5.98. The number of imidazole rings is 1. The highest BCUT2D eigenvalue weighted by molar-refractivity contribution is 5.82. The quantitative estimate of drug-likeness (QED) is 0.698. The molecule has 152 valence electrons. The van der Waals surface area contributed by atoms with E-state index in [0.29, 0.717) is 0 Å². The summed E-state index contributed by atoms with van der Waals surface area (Å²) in [5.41, 5.74) is 12.0. The number of aryl methyl sites for hydroxylation is 2. The number of benzene rings is 1. The summed E-state index contributed by atoms with van der Waals surface area (Å²) in [6, 6.07) is 9.91. The van der Waals surface area contributed by atoms with Crippen molar-refractivity contribution < 1.29 is 4.79 Å².